The zero-order valence-electron chi connectivity index (χ0n) is 12.7. The van der Waals surface area contributed by atoms with Gasteiger partial charge in [0.2, 0.25) is 0 Å². The highest BCUT2D eigenvalue weighted by Gasteiger charge is 2.20. The molecule has 1 heterocycles. The van der Waals surface area contributed by atoms with Crippen LogP contribution in [-0.4, -0.2) is 28.7 Å². The van der Waals surface area contributed by atoms with Crippen LogP contribution in [-0.2, 0) is 4.74 Å². The highest BCUT2D eigenvalue weighted by atomic mass is 16.5. The molecule has 0 radical (unpaired) electrons. The highest BCUT2D eigenvalue weighted by molar-refractivity contribution is 5.87. The highest BCUT2D eigenvalue weighted by Crippen LogP contribution is 2.28. The lowest BCUT2D eigenvalue weighted by Crippen LogP contribution is -2.18. The molecule has 0 saturated carbocycles. The summed E-state index contributed by atoms with van der Waals surface area (Å²) in [5.41, 5.74) is 1.42. The Balaban J connectivity index is 2.34. The Morgan fingerprint density at radius 1 is 1.24 bits per heavy atom. The van der Waals surface area contributed by atoms with Crippen LogP contribution in [0.1, 0.15) is 42.9 Å². The third-order valence-electron chi connectivity index (χ3n) is 3.22. The van der Waals surface area contributed by atoms with E-state index < -0.39 is 0 Å². The summed E-state index contributed by atoms with van der Waals surface area (Å²) >= 11 is 0. The maximum atomic E-state index is 12.1. The number of esters is 1. The molecule has 112 valence electrons. The summed E-state index contributed by atoms with van der Waals surface area (Å²) in [7, 11) is 1.63. The van der Waals surface area contributed by atoms with E-state index in [9.17, 15) is 4.79 Å². The monoisotopic (exact) mass is 288 g/mol. The topological polar surface area (TPSA) is 53.4 Å². The van der Waals surface area contributed by atoms with Crippen LogP contribution in [0.3, 0.4) is 0 Å². The standard InChI is InChI=1S/C16H20N2O3/c1-11(2)21-16(19)14-9-17-10-18(14)12(3)13-7-5-6-8-15(13)20-4/h5-12H,1-4H3. The predicted octanol–water partition coefficient (Wildman–Crippen LogP) is 3.07. The van der Waals surface area contributed by atoms with Crippen molar-refractivity contribution >= 4 is 5.97 Å². The third-order valence-corrected chi connectivity index (χ3v) is 3.22. The summed E-state index contributed by atoms with van der Waals surface area (Å²) < 4.78 is 12.4. The fourth-order valence-electron chi connectivity index (χ4n) is 2.21. The van der Waals surface area contributed by atoms with Crippen molar-refractivity contribution in [2.24, 2.45) is 0 Å². The van der Waals surface area contributed by atoms with Gasteiger partial charge in [-0.05, 0) is 26.8 Å². The number of carbonyl (C=O) groups is 1. The molecule has 0 aliphatic rings. The fourth-order valence-corrected chi connectivity index (χ4v) is 2.21. The lowest BCUT2D eigenvalue weighted by atomic mass is 10.1. The van der Waals surface area contributed by atoms with Gasteiger partial charge in [0.25, 0.3) is 0 Å². The van der Waals surface area contributed by atoms with Gasteiger partial charge in [0, 0.05) is 5.56 Å². The van der Waals surface area contributed by atoms with E-state index in [4.69, 9.17) is 9.47 Å². The van der Waals surface area contributed by atoms with Gasteiger partial charge < -0.3 is 14.0 Å². The first-order valence-electron chi connectivity index (χ1n) is 6.90. The number of methoxy groups -OCH3 is 1. The molecular weight excluding hydrogens is 268 g/mol. The van der Waals surface area contributed by atoms with Crippen molar-refractivity contribution < 1.29 is 14.3 Å². The summed E-state index contributed by atoms with van der Waals surface area (Å²) in [6.07, 6.45) is 2.99. The summed E-state index contributed by atoms with van der Waals surface area (Å²) in [5, 5.41) is 0. The molecule has 0 aliphatic carbocycles. The number of rotatable bonds is 5. The number of hydrogen-bond donors (Lipinski definition) is 0. The predicted molar refractivity (Wildman–Crippen MR) is 79.6 cm³/mol. The van der Waals surface area contributed by atoms with E-state index >= 15 is 0 Å². The first kappa shape index (κ1) is 15.1. The molecule has 5 nitrogen and oxygen atoms in total. The molecule has 0 bridgehead atoms. The van der Waals surface area contributed by atoms with Crippen molar-refractivity contribution in [3.63, 3.8) is 0 Å². The van der Waals surface area contributed by atoms with Gasteiger partial charge in [-0.15, -0.1) is 0 Å². The smallest absolute Gasteiger partial charge is 0.356 e. The second-order valence-electron chi connectivity index (χ2n) is 5.06. The molecule has 2 aromatic rings. The molecule has 1 aromatic heterocycles. The first-order valence-corrected chi connectivity index (χ1v) is 6.90. The fraction of sp³-hybridized carbons (Fsp3) is 0.375. The molecule has 5 heteroatoms. The Hall–Kier alpha value is -2.30. The lowest BCUT2D eigenvalue weighted by Gasteiger charge is -2.19. The minimum Gasteiger partial charge on any atom is -0.496 e. The zero-order valence-corrected chi connectivity index (χ0v) is 12.7. The number of ether oxygens (including phenoxy) is 2. The van der Waals surface area contributed by atoms with Gasteiger partial charge in [0.05, 0.1) is 31.8 Å². The van der Waals surface area contributed by atoms with Crippen LogP contribution in [0.2, 0.25) is 0 Å². The van der Waals surface area contributed by atoms with Crippen LogP contribution in [0.15, 0.2) is 36.8 Å². The third kappa shape index (κ3) is 3.24. The van der Waals surface area contributed by atoms with Crippen LogP contribution in [0.5, 0.6) is 5.75 Å². The number of benzene rings is 1. The van der Waals surface area contributed by atoms with E-state index in [0.29, 0.717) is 5.69 Å². The van der Waals surface area contributed by atoms with Crippen LogP contribution >= 0.6 is 0 Å². The molecule has 21 heavy (non-hydrogen) atoms. The van der Waals surface area contributed by atoms with Crippen LogP contribution in [0.4, 0.5) is 0 Å². The number of nitrogens with zero attached hydrogens (tertiary/aromatic N) is 2. The molecule has 0 spiro atoms. The normalized spacial score (nSPS) is 12.2. The van der Waals surface area contributed by atoms with Gasteiger partial charge in [-0.2, -0.15) is 0 Å². The summed E-state index contributed by atoms with van der Waals surface area (Å²) in [5.74, 6) is 0.408. The van der Waals surface area contributed by atoms with Crippen molar-refractivity contribution in [3.8, 4) is 5.75 Å². The number of para-hydroxylation sites is 1. The molecule has 1 atom stereocenters. The average Bonchev–Trinajstić information content (AvgIpc) is 2.95. The van der Waals surface area contributed by atoms with E-state index in [1.807, 2.05) is 45.0 Å². The van der Waals surface area contributed by atoms with Crippen molar-refractivity contribution in [2.45, 2.75) is 32.9 Å². The second kappa shape index (κ2) is 6.43. The molecule has 1 unspecified atom stereocenters. The first-order chi connectivity index (χ1) is 10.0. The van der Waals surface area contributed by atoms with E-state index in [0.717, 1.165) is 11.3 Å². The molecular formula is C16H20N2O3. The van der Waals surface area contributed by atoms with Gasteiger partial charge in [0.15, 0.2) is 0 Å². The Morgan fingerprint density at radius 3 is 2.62 bits per heavy atom. The Kier molecular flexibility index (Phi) is 4.62. The van der Waals surface area contributed by atoms with E-state index in [2.05, 4.69) is 4.98 Å². The average molecular weight is 288 g/mol. The summed E-state index contributed by atoms with van der Waals surface area (Å²) in [6, 6.07) is 7.64. The molecule has 0 N–H and O–H groups in total. The van der Waals surface area contributed by atoms with Crippen molar-refractivity contribution in [1.82, 2.24) is 9.55 Å². The quantitative estimate of drug-likeness (QED) is 0.793. The van der Waals surface area contributed by atoms with Crippen molar-refractivity contribution in [1.29, 1.82) is 0 Å². The maximum absolute atomic E-state index is 12.1. The van der Waals surface area contributed by atoms with Crippen molar-refractivity contribution in [2.75, 3.05) is 7.11 Å². The number of carbonyl (C=O) groups excluding carboxylic acids is 1. The van der Waals surface area contributed by atoms with Gasteiger partial charge in [-0.1, -0.05) is 18.2 Å². The van der Waals surface area contributed by atoms with E-state index in [-0.39, 0.29) is 18.1 Å². The number of imidazole rings is 1. The Morgan fingerprint density at radius 2 is 1.95 bits per heavy atom. The molecule has 0 saturated heterocycles. The number of aromatic nitrogens is 2. The zero-order chi connectivity index (χ0) is 15.4. The van der Waals surface area contributed by atoms with Crippen LogP contribution in [0, 0.1) is 0 Å². The molecule has 1 aromatic carbocycles. The molecule has 2 rings (SSSR count). The van der Waals surface area contributed by atoms with Crippen LogP contribution in [0.25, 0.3) is 0 Å². The van der Waals surface area contributed by atoms with Crippen molar-refractivity contribution in [3.05, 3.63) is 48.0 Å². The van der Waals surface area contributed by atoms with Gasteiger partial charge in [-0.3, -0.25) is 0 Å². The SMILES string of the molecule is COc1ccccc1C(C)n1cncc1C(=O)OC(C)C. The molecule has 0 fully saturated rings. The van der Waals surface area contributed by atoms with Gasteiger partial charge >= 0.3 is 5.97 Å². The van der Waals surface area contributed by atoms with E-state index in [1.54, 1.807) is 18.0 Å². The minimum absolute atomic E-state index is 0.0848. The molecule has 0 amide bonds. The molecule has 0 aliphatic heterocycles. The largest absolute Gasteiger partial charge is 0.496 e. The van der Waals surface area contributed by atoms with Gasteiger partial charge in [-0.25, -0.2) is 9.78 Å². The minimum atomic E-state index is -0.371. The Bertz CT molecular complexity index is 619. The maximum Gasteiger partial charge on any atom is 0.356 e. The number of hydrogen-bond acceptors (Lipinski definition) is 4. The summed E-state index contributed by atoms with van der Waals surface area (Å²) in [6.45, 7) is 5.64. The Labute approximate surface area is 124 Å². The van der Waals surface area contributed by atoms with Crippen LogP contribution < -0.4 is 4.74 Å². The lowest BCUT2D eigenvalue weighted by molar-refractivity contribution is 0.0364. The van der Waals surface area contributed by atoms with Gasteiger partial charge in [0.1, 0.15) is 11.4 Å². The second-order valence-corrected chi connectivity index (χ2v) is 5.06. The van der Waals surface area contributed by atoms with E-state index in [1.165, 1.54) is 6.20 Å². The summed E-state index contributed by atoms with van der Waals surface area (Å²) in [4.78, 5) is 16.2.